The highest BCUT2D eigenvalue weighted by atomic mass is 16.7. The number of aliphatic hydroxyl groups is 1. The zero-order valence-electron chi connectivity index (χ0n) is 17.4. The summed E-state index contributed by atoms with van der Waals surface area (Å²) in [6, 6.07) is 12.1. The summed E-state index contributed by atoms with van der Waals surface area (Å²) < 4.78 is 10.7. The Kier molecular flexibility index (Phi) is 5.16. The Bertz CT molecular complexity index is 1010. The average molecular weight is 422 g/mol. The first-order valence-corrected chi connectivity index (χ1v) is 10.9. The van der Waals surface area contributed by atoms with Gasteiger partial charge in [-0.3, -0.25) is 19.4 Å². The minimum Gasteiger partial charge on any atom is -0.454 e. The van der Waals surface area contributed by atoms with Gasteiger partial charge in [-0.15, -0.1) is 0 Å². The fraction of sp³-hybridized carbons (Fsp3) is 0.417. The summed E-state index contributed by atoms with van der Waals surface area (Å²) in [4.78, 5) is 30.4. The van der Waals surface area contributed by atoms with E-state index < -0.39 is 11.5 Å². The first-order chi connectivity index (χ1) is 15.1. The number of carbonyl (C=O) groups excluding carboxylic acids is 2. The highest BCUT2D eigenvalue weighted by Crippen LogP contribution is 2.43. The molecule has 0 spiro atoms. The Morgan fingerprint density at radius 2 is 1.74 bits per heavy atom. The number of ether oxygens (including phenoxy) is 2. The molecule has 3 heterocycles. The summed E-state index contributed by atoms with van der Waals surface area (Å²) in [5.41, 5.74) is -0.328. The van der Waals surface area contributed by atoms with Gasteiger partial charge in [-0.2, -0.15) is 0 Å². The number of benzene rings is 2. The molecule has 1 saturated heterocycles. The normalized spacial score (nSPS) is 23.0. The van der Waals surface area contributed by atoms with Gasteiger partial charge in [0.1, 0.15) is 0 Å². The zero-order chi connectivity index (χ0) is 21.4. The lowest BCUT2D eigenvalue weighted by Crippen LogP contribution is -2.46. The molecule has 162 valence electrons. The Morgan fingerprint density at radius 1 is 1.00 bits per heavy atom. The van der Waals surface area contributed by atoms with Gasteiger partial charge < -0.3 is 14.6 Å². The predicted octanol–water partition coefficient (Wildman–Crippen LogP) is 3.06. The van der Waals surface area contributed by atoms with Gasteiger partial charge in [0.15, 0.2) is 22.9 Å². The molecule has 2 aromatic carbocycles. The van der Waals surface area contributed by atoms with Gasteiger partial charge in [0.25, 0.3) is 5.91 Å². The molecule has 0 radical (unpaired) electrons. The minimum atomic E-state index is -1.88. The van der Waals surface area contributed by atoms with Gasteiger partial charge in [-0.1, -0.05) is 31.0 Å². The van der Waals surface area contributed by atoms with Crippen molar-refractivity contribution in [2.24, 2.45) is 0 Å². The van der Waals surface area contributed by atoms with Crippen molar-refractivity contribution in [1.82, 2.24) is 4.90 Å². The van der Waals surface area contributed by atoms with Crippen LogP contribution in [0.1, 0.15) is 48.0 Å². The lowest BCUT2D eigenvalue weighted by Gasteiger charge is -2.28. The highest BCUT2D eigenvalue weighted by Gasteiger charge is 2.51. The molecule has 3 aliphatic rings. The number of fused-ring (bicyclic) bond motifs is 2. The van der Waals surface area contributed by atoms with E-state index in [4.69, 9.17) is 9.47 Å². The highest BCUT2D eigenvalue weighted by molar-refractivity contribution is 6.10. The van der Waals surface area contributed by atoms with E-state index in [1.54, 1.807) is 35.2 Å². The summed E-state index contributed by atoms with van der Waals surface area (Å²) in [6.07, 6.45) is 4.30. The van der Waals surface area contributed by atoms with Crippen LogP contribution in [0, 0.1) is 0 Å². The summed E-state index contributed by atoms with van der Waals surface area (Å²) in [6.45, 7) is 2.41. The third-order valence-corrected chi connectivity index (χ3v) is 6.39. The Labute approximate surface area is 181 Å². The molecule has 7 heteroatoms. The van der Waals surface area contributed by atoms with E-state index in [2.05, 4.69) is 4.90 Å². The lowest BCUT2D eigenvalue weighted by molar-refractivity contribution is -0.136. The number of amides is 1. The van der Waals surface area contributed by atoms with Gasteiger partial charge >= 0.3 is 0 Å². The number of carbonyl (C=O) groups is 2. The molecule has 3 aliphatic heterocycles. The topological polar surface area (TPSA) is 79.3 Å². The number of hydrogen-bond donors (Lipinski definition) is 1. The molecule has 1 N–H and O–H groups in total. The molecule has 31 heavy (non-hydrogen) atoms. The van der Waals surface area contributed by atoms with Crippen LogP contribution in [0.2, 0.25) is 0 Å². The van der Waals surface area contributed by atoms with Crippen LogP contribution in [-0.4, -0.2) is 48.2 Å². The van der Waals surface area contributed by atoms with Crippen LogP contribution in [0.25, 0.3) is 0 Å². The second-order valence-corrected chi connectivity index (χ2v) is 8.45. The maximum absolute atomic E-state index is 13.5. The Hall–Kier alpha value is -2.90. The second kappa shape index (κ2) is 7.98. The number of anilines is 1. The second-order valence-electron chi connectivity index (χ2n) is 8.45. The number of hydrogen-bond acceptors (Lipinski definition) is 6. The van der Waals surface area contributed by atoms with Crippen molar-refractivity contribution in [2.45, 2.75) is 37.7 Å². The standard InChI is InChI=1S/C24H26N2O5/c27-20(17-9-10-21-22(13-17)31-16-30-21)14-24(29)18-7-3-4-8-19(18)26(23(24)28)15-25-11-5-1-2-6-12-25/h3-4,7-10,13,29H,1-2,5-6,11-12,14-16H2. The van der Waals surface area contributed by atoms with Gasteiger partial charge in [-0.25, -0.2) is 0 Å². The van der Waals surface area contributed by atoms with Gasteiger partial charge in [0, 0.05) is 11.1 Å². The number of nitrogens with zero attached hydrogens (tertiary/aromatic N) is 2. The van der Waals surface area contributed by atoms with Crippen LogP contribution in [0.4, 0.5) is 5.69 Å². The van der Waals surface area contributed by atoms with E-state index in [1.807, 2.05) is 12.1 Å². The zero-order valence-corrected chi connectivity index (χ0v) is 17.4. The SMILES string of the molecule is O=C(CC1(O)C(=O)N(CN2CCCCCC2)c2ccccc21)c1ccc2c(c1)OCO2. The van der Waals surface area contributed by atoms with Crippen LogP contribution in [-0.2, 0) is 10.4 Å². The first kappa shape index (κ1) is 20.0. The molecule has 0 bridgehead atoms. The molecule has 7 nitrogen and oxygen atoms in total. The number of Topliss-reactive ketones (excluding diaryl/α,β-unsaturated/α-hetero) is 1. The smallest absolute Gasteiger partial charge is 0.265 e. The van der Waals surface area contributed by atoms with E-state index in [-0.39, 0.29) is 19.0 Å². The molecule has 5 rings (SSSR count). The monoisotopic (exact) mass is 422 g/mol. The predicted molar refractivity (Wildman–Crippen MR) is 114 cm³/mol. The van der Waals surface area contributed by atoms with Gasteiger partial charge in [-0.05, 0) is 50.2 Å². The van der Waals surface area contributed by atoms with Crippen LogP contribution < -0.4 is 14.4 Å². The van der Waals surface area contributed by atoms with Crippen molar-refractivity contribution in [2.75, 3.05) is 31.5 Å². The third kappa shape index (κ3) is 3.58. The fourth-order valence-electron chi connectivity index (χ4n) is 4.70. The Balaban J connectivity index is 1.41. The number of likely N-dealkylation sites (tertiary alicyclic amines) is 1. The molecule has 0 saturated carbocycles. The first-order valence-electron chi connectivity index (χ1n) is 10.9. The van der Waals surface area contributed by atoms with Crippen molar-refractivity contribution in [1.29, 1.82) is 0 Å². The molecule has 1 atom stereocenters. The third-order valence-electron chi connectivity index (χ3n) is 6.39. The molecular weight excluding hydrogens is 396 g/mol. The van der Waals surface area contributed by atoms with Gasteiger partial charge in [0.05, 0.1) is 18.8 Å². The van der Waals surface area contributed by atoms with Crippen LogP contribution >= 0.6 is 0 Å². The Morgan fingerprint density at radius 3 is 2.55 bits per heavy atom. The number of para-hydroxylation sites is 1. The fourth-order valence-corrected chi connectivity index (χ4v) is 4.70. The van der Waals surface area contributed by atoms with E-state index in [1.165, 1.54) is 12.8 Å². The van der Waals surface area contributed by atoms with Crippen LogP contribution in [0.15, 0.2) is 42.5 Å². The minimum absolute atomic E-state index is 0.119. The van der Waals surface area contributed by atoms with Crippen molar-refractivity contribution in [3.8, 4) is 11.5 Å². The summed E-state index contributed by atoms with van der Waals surface area (Å²) in [5.74, 6) is 0.326. The maximum Gasteiger partial charge on any atom is 0.265 e. The molecule has 1 fully saturated rings. The summed E-state index contributed by atoms with van der Waals surface area (Å²) in [7, 11) is 0. The summed E-state index contributed by atoms with van der Waals surface area (Å²) >= 11 is 0. The molecule has 1 amide bonds. The van der Waals surface area contributed by atoms with E-state index >= 15 is 0 Å². The van der Waals surface area contributed by atoms with Crippen molar-refractivity contribution >= 4 is 17.4 Å². The number of ketones is 1. The molecule has 1 unspecified atom stereocenters. The van der Waals surface area contributed by atoms with E-state index in [9.17, 15) is 14.7 Å². The van der Waals surface area contributed by atoms with E-state index in [0.717, 1.165) is 25.9 Å². The molecule has 0 aromatic heterocycles. The quantitative estimate of drug-likeness (QED) is 0.746. The number of rotatable bonds is 5. The van der Waals surface area contributed by atoms with Crippen molar-refractivity contribution in [3.63, 3.8) is 0 Å². The van der Waals surface area contributed by atoms with E-state index in [0.29, 0.717) is 35.0 Å². The molecule has 2 aromatic rings. The molecule has 0 aliphatic carbocycles. The van der Waals surface area contributed by atoms with Crippen molar-refractivity contribution in [3.05, 3.63) is 53.6 Å². The lowest BCUT2D eigenvalue weighted by atomic mass is 9.88. The van der Waals surface area contributed by atoms with Crippen LogP contribution in [0.3, 0.4) is 0 Å². The molecular formula is C24H26N2O5. The average Bonchev–Trinajstić information content (AvgIpc) is 3.20. The van der Waals surface area contributed by atoms with Crippen LogP contribution in [0.5, 0.6) is 11.5 Å². The maximum atomic E-state index is 13.5. The van der Waals surface area contributed by atoms with Gasteiger partial charge in [0.2, 0.25) is 6.79 Å². The van der Waals surface area contributed by atoms with Crippen molar-refractivity contribution < 1.29 is 24.2 Å². The summed E-state index contributed by atoms with van der Waals surface area (Å²) in [5, 5.41) is 11.5. The largest absolute Gasteiger partial charge is 0.454 e.